The summed E-state index contributed by atoms with van der Waals surface area (Å²) in [5.41, 5.74) is 2.85. The normalized spacial score (nSPS) is 19.2. The van der Waals surface area contributed by atoms with Gasteiger partial charge in [0.1, 0.15) is 11.3 Å². The van der Waals surface area contributed by atoms with Gasteiger partial charge in [-0.1, -0.05) is 42.5 Å². The lowest BCUT2D eigenvalue weighted by molar-refractivity contribution is 0.142. The SMILES string of the molecule is O=C(NCc1cc2ccccc2o1)NC1c2ccccc2CC1O. The first-order chi connectivity index (χ1) is 11.7. The van der Waals surface area contributed by atoms with Gasteiger partial charge >= 0.3 is 6.03 Å². The van der Waals surface area contributed by atoms with Crippen molar-refractivity contribution in [3.63, 3.8) is 0 Å². The summed E-state index contributed by atoms with van der Waals surface area (Å²) in [6.07, 6.45) is -0.0376. The van der Waals surface area contributed by atoms with E-state index in [9.17, 15) is 9.90 Å². The molecular weight excluding hydrogens is 304 g/mol. The Labute approximate surface area is 139 Å². The molecule has 2 atom stereocenters. The Balaban J connectivity index is 1.40. The van der Waals surface area contributed by atoms with Crippen molar-refractivity contribution in [3.05, 3.63) is 71.5 Å². The van der Waals surface area contributed by atoms with E-state index in [1.54, 1.807) is 0 Å². The summed E-state index contributed by atoms with van der Waals surface area (Å²) in [5, 5.41) is 16.8. The Bertz CT molecular complexity index is 854. The van der Waals surface area contributed by atoms with E-state index in [2.05, 4.69) is 10.6 Å². The highest BCUT2D eigenvalue weighted by Crippen LogP contribution is 2.31. The van der Waals surface area contributed by atoms with E-state index < -0.39 is 6.10 Å². The highest BCUT2D eigenvalue weighted by molar-refractivity contribution is 5.78. The third kappa shape index (κ3) is 2.74. The molecule has 3 aromatic rings. The van der Waals surface area contributed by atoms with Gasteiger partial charge in [0.25, 0.3) is 0 Å². The fourth-order valence-electron chi connectivity index (χ4n) is 3.23. The average molecular weight is 322 g/mol. The van der Waals surface area contributed by atoms with E-state index in [-0.39, 0.29) is 12.1 Å². The van der Waals surface area contributed by atoms with Crippen LogP contribution in [0.2, 0.25) is 0 Å². The summed E-state index contributed by atoms with van der Waals surface area (Å²) in [7, 11) is 0. The predicted molar refractivity (Wildman–Crippen MR) is 90.5 cm³/mol. The van der Waals surface area contributed by atoms with Crippen LogP contribution in [0.4, 0.5) is 4.79 Å². The number of aliphatic hydroxyl groups excluding tert-OH is 1. The second-order valence-corrected chi connectivity index (χ2v) is 6.03. The van der Waals surface area contributed by atoms with Crippen LogP contribution in [0, 0.1) is 0 Å². The van der Waals surface area contributed by atoms with Gasteiger partial charge < -0.3 is 20.2 Å². The quantitative estimate of drug-likeness (QED) is 0.694. The van der Waals surface area contributed by atoms with Gasteiger partial charge in [0.2, 0.25) is 0 Å². The molecule has 5 heteroatoms. The monoisotopic (exact) mass is 322 g/mol. The number of carbonyl (C=O) groups excluding carboxylic acids is 1. The molecule has 0 radical (unpaired) electrons. The first-order valence-corrected chi connectivity index (χ1v) is 7.98. The maximum atomic E-state index is 12.2. The number of amides is 2. The van der Waals surface area contributed by atoms with Gasteiger partial charge in [-0.05, 0) is 23.3 Å². The zero-order valence-corrected chi connectivity index (χ0v) is 13.0. The summed E-state index contributed by atoms with van der Waals surface area (Å²) in [6.45, 7) is 0.297. The maximum Gasteiger partial charge on any atom is 0.315 e. The molecule has 1 heterocycles. The van der Waals surface area contributed by atoms with Gasteiger partial charge in [0.05, 0.1) is 18.7 Å². The van der Waals surface area contributed by atoms with Gasteiger partial charge in [-0.2, -0.15) is 0 Å². The van der Waals surface area contributed by atoms with E-state index in [0.717, 1.165) is 22.1 Å². The van der Waals surface area contributed by atoms with Crippen LogP contribution in [0.1, 0.15) is 22.9 Å². The number of rotatable bonds is 3. The molecule has 4 rings (SSSR count). The van der Waals surface area contributed by atoms with Crippen molar-refractivity contribution in [2.45, 2.75) is 25.1 Å². The molecule has 3 N–H and O–H groups in total. The number of fused-ring (bicyclic) bond motifs is 2. The van der Waals surface area contributed by atoms with Gasteiger partial charge in [-0.15, -0.1) is 0 Å². The number of hydrogen-bond donors (Lipinski definition) is 3. The molecule has 0 bridgehead atoms. The average Bonchev–Trinajstić information content (AvgIpc) is 3.14. The first kappa shape index (κ1) is 14.8. The van der Waals surface area contributed by atoms with Crippen LogP contribution < -0.4 is 10.6 Å². The fraction of sp³-hybridized carbons (Fsp3) is 0.211. The number of urea groups is 1. The van der Waals surface area contributed by atoms with E-state index in [0.29, 0.717) is 18.7 Å². The van der Waals surface area contributed by atoms with Crippen molar-refractivity contribution in [2.24, 2.45) is 0 Å². The van der Waals surface area contributed by atoms with E-state index in [4.69, 9.17) is 4.42 Å². The van der Waals surface area contributed by atoms with Crippen molar-refractivity contribution >= 4 is 17.0 Å². The molecule has 0 aliphatic heterocycles. The second-order valence-electron chi connectivity index (χ2n) is 6.03. The van der Waals surface area contributed by atoms with E-state index in [1.165, 1.54) is 0 Å². The summed E-state index contributed by atoms with van der Waals surface area (Å²) in [6, 6.07) is 16.7. The molecule has 0 spiro atoms. The summed E-state index contributed by atoms with van der Waals surface area (Å²) in [5.74, 6) is 0.693. The second kappa shape index (κ2) is 6.02. The van der Waals surface area contributed by atoms with Gasteiger partial charge in [0.15, 0.2) is 0 Å². The van der Waals surface area contributed by atoms with Gasteiger partial charge in [0, 0.05) is 11.8 Å². The predicted octanol–water partition coefficient (Wildman–Crippen LogP) is 2.89. The number of hydrogen-bond acceptors (Lipinski definition) is 3. The number of aliphatic hydroxyl groups is 1. The molecule has 0 saturated carbocycles. The topological polar surface area (TPSA) is 74.5 Å². The van der Waals surface area contributed by atoms with Crippen LogP contribution in [0.25, 0.3) is 11.0 Å². The largest absolute Gasteiger partial charge is 0.459 e. The minimum absolute atomic E-state index is 0.297. The van der Waals surface area contributed by atoms with Crippen molar-refractivity contribution in [2.75, 3.05) is 0 Å². The Morgan fingerprint density at radius 2 is 1.96 bits per heavy atom. The Hall–Kier alpha value is -2.79. The summed E-state index contributed by atoms with van der Waals surface area (Å²) >= 11 is 0. The van der Waals surface area contributed by atoms with E-state index >= 15 is 0 Å². The van der Waals surface area contributed by atoms with Crippen LogP contribution in [0.5, 0.6) is 0 Å². The Morgan fingerprint density at radius 1 is 1.17 bits per heavy atom. The third-order valence-electron chi connectivity index (χ3n) is 4.39. The summed E-state index contributed by atoms with van der Waals surface area (Å²) < 4.78 is 5.67. The molecule has 2 aromatic carbocycles. The van der Waals surface area contributed by atoms with Crippen LogP contribution in [0.3, 0.4) is 0 Å². The standard InChI is InChI=1S/C19H18N2O3/c22-16-10-12-5-1-3-7-15(12)18(16)21-19(23)20-11-14-9-13-6-2-4-8-17(13)24-14/h1-9,16,18,22H,10-11H2,(H2,20,21,23). The van der Waals surface area contributed by atoms with E-state index in [1.807, 2.05) is 54.6 Å². The van der Waals surface area contributed by atoms with Gasteiger partial charge in [-0.3, -0.25) is 0 Å². The lowest BCUT2D eigenvalue weighted by Crippen LogP contribution is -2.40. The zero-order valence-electron chi connectivity index (χ0n) is 13.0. The number of carbonyl (C=O) groups is 1. The lowest BCUT2D eigenvalue weighted by atomic mass is 10.1. The molecule has 122 valence electrons. The number of benzene rings is 2. The van der Waals surface area contributed by atoms with Crippen molar-refractivity contribution < 1.29 is 14.3 Å². The van der Waals surface area contributed by atoms with Crippen LogP contribution in [-0.2, 0) is 13.0 Å². The highest BCUT2D eigenvalue weighted by Gasteiger charge is 2.31. The zero-order chi connectivity index (χ0) is 16.5. The number of para-hydroxylation sites is 1. The molecule has 2 amide bonds. The lowest BCUT2D eigenvalue weighted by Gasteiger charge is -2.18. The molecule has 1 aliphatic rings. The minimum atomic E-state index is -0.598. The Kier molecular flexibility index (Phi) is 3.70. The number of furan rings is 1. The first-order valence-electron chi connectivity index (χ1n) is 7.98. The molecule has 2 unspecified atom stereocenters. The molecule has 5 nitrogen and oxygen atoms in total. The van der Waals surface area contributed by atoms with Crippen LogP contribution in [-0.4, -0.2) is 17.2 Å². The molecule has 1 aliphatic carbocycles. The summed E-state index contributed by atoms with van der Waals surface area (Å²) in [4.78, 5) is 12.2. The Morgan fingerprint density at radius 3 is 2.83 bits per heavy atom. The highest BCUT2D eigenvalue weighted by atomic mass is 16.3. The van der Waals surface area contributed by atoms with Crippen LogP contribution in [0.15, 0.2) is 59.0 Å². The van der Waals surface area contributed by atoms with Crippen molar-refractivity contribution in [3.8, 4) is 0 Å². The fourth-order valence-corrected chi connectivity index (χ4v) is 3.23. The van der Waals surface area contributed by atoms with Crippen molar-refractivity contribution in [1.82, 2.24) is 10.6 Å². The molecule has 24 heavy (non-hydrogen) atoms. The maximum absolute atomic E-state index is 12.2. The molecule has 1 aromatic heterocycles. The minimum Gasteiger partial charge on any atom is -0.459 e. The number of nitrogens with one attached hydrogen (secondary N) is 2. The van der Waals surface area contributed by atoms with Gasteiger partial charge in [-0.25, -0.2) is 4.79 Å². The van der Waals surface area contributed by atoms with Crippen molar-refractivity contribution in [1.29, 1.82) is 0 Å². The molecule has 0 fully saturated rings. The third-order valence-corrected chi connectivity index (χ3v) is 4.39. The molecular formula is C19H18N2O3. The van der Waals surface area contributed by atoms with Crippen LogP contribution >= 0.6 is 0 Å². The smallest absolute Gasteiger partial charge is 0.315 e. The molecule has 0 saturated heterocycles.